The smallest absolute Gasteiger partial charge is 0.299 e. The molecule has 0 saturated carbocycles. The first kappa shape index (κ1) is 15.2. The standard InChI is InChI=1S/C15H17N3O2S/c1-12-5-4-6-15(11-12)21(19,20)17-16-13-7-9-14(10-8-13)18(2)3/h4-11H,1-3H3. The van der Waals surface area contributed by atoms with Gasteiger partial charge in [0.1, 0.15) is 0 Å². The van der Waals surface area contributed by atoms with Gasteiger partial charge in [-0.25, -0.2) is 0 Å². The van der Waals surface area contributed by atoms with E-state index in [4.69, 9.17) is 0 Å². The van der Waals surface area contributed by atoms with Crippen LogP contribution in [0.15, 0.2) is 63.1 Å². The Balaban J connectivity index is 2.23. The summed E-state index contributed by atoms with van der Waals surface area (Å²) in [5.74, 6) is 0. The number of hydrogen-bond acceptors (Lipinski definition) is 4. The quantitative estimate of drug-likeness (QED) is 0.812. The summed E-state index contributed by atoms with van der Waals surface area (Å²) in [6, 6.07) is 13.8. The van der Waals surface area contributed by atoms with E-state index in [1.807, 2.05) is 44.1 Å². The van der Waals surface area contributed by atoms with Gasteiger partial charge in [0.05, 0.1) is 10.6 Å². The van der Waals surface area contributed by atoms with Crippen LogP contribution >= 0.6 is 0 Å². The lowest BCUT2D eigenvalue weighted by atomic mass is 10.2. The molecule has 0 aromatic heterocycles. The first-order chi connectivity index (χ1) is 9.88. The first-order valence-corrected chi connectivity index (χ1v) is 7.84. The fraction of sp³-hybridized carbons (Fsp3) is 0.200. The highest BCUT2D eigenvalue weighted by Gasteiger charge is 2.12. The summed E-state index contributed by atoms with van der Waals surface area (Å²) in [4.78, 5) is 2.10. The van der Waals surface area contributed by atoms with Gasteiger partial charge in [-0.1, -0.05) is 16.7 Å². The number of hydrogen-bond donors (Lipinski definition) is 0. The number of benzene rings is 2. The van der Waals surface area contributed by atoms with Gasteiger partial charge in [-0.3, -0.25) is 0 Å². The topological polar surface area (TPSA) is 62.1 Å². The zero-order chi connectivity index (χ0) is 15.5. The predicted octanol–water partition coefficient (Wildman–Crippen LogP) is 3.53. The van der Waals surface area contributed by atoms with Crippen molar-refractivity contribution in [2.75, 3.05) is 19.0 Å². The minimum Gasteiger partial charge on any atom is -0.378 e. The molecule has 0 spiro atoms. The molecule has 0 fully saturated rings. The van der Waals surface area contributed by atoms with Gasteiger partial charge in [-0.2, -0.15) is 8.42 Å². The van der Waals surface area contributed by atoms with Crippen LogP contribution in [0.4, 0.5) is 11.4 Å². The average molecular weight is 303 g/mol. The largest absolute Gasteiger partial charge is 0.378 e. The highest BCUT2D eigenvalue weighted by molar-refractivity contribution is 7.90. The lowest BCUT2D eigenvalue weighted by molar-refractivity contribution is 0.595. The van der Waals surface area contributed by atoms with E-state index in [0.717, 1.165) is 11.3 Å². The number of nitrogens with zero attached hydrogens (tertiary/aromatic N) is 3. The van der Waals surface area contributed by atoms with Crippen molar-refractivity contribution in [3.63, 3.8) is 0 Å². The number of sulfonamides is 1. The second-order valence-electron chi connectivity index (χ2n) is 4.88. The molecule has 0 unspecified atom stereocenters. The molecule has 0 aliphatic carbocycles. The fourth-order valence-corrected chi connectivity index (χ4v) is 2.62. The Morgan fingerprint density at radius 1 is 1.00 bits per heavy atom. The van der Waals surface area contributed by atoms with Crippen LogP contribution < -0.4 is 4.90 Å². The number of rotatable bonds is 4. The third-order valence-corrected chi connectivity index (χ3v) is 4.06. The summed E-state index contributed by atoms with van der Waals surface area (Å²) >= 11 is 0. The minimum absolute atomic E-state index is 0.149. The van der Waals surface area contributed by atoms with Crippen LogP contribution in [-0.2, 0) is 10.0 Å². The molecule has 0 atom stereocenters. The zero-order valence-electron chi connectivity index (χ0n) is 12.2. The molecular weight excluding hydrogens is 286 g/mol. The third kappa shape index (κ3) is 3.88. The molecule has 0 saturated heterocycles. The molecule has 0 bridgehead atoms. The molecule has 0 aliphatic heterocycles. The van der Waals surface area contributed by atoms with Crippen molar-refractivity contribution in [2.45, 2.75) is 11.8 Å². The molecular formula is C15H17N3O2S. The second kappa shape index (κ2) is 6.05. The van der Waals surface area contributed by atoms with Crippen LogP contribution in [0.2, 0.25) is 0 Å². The van der Waals surface area contributed by atoms with Crippen molar-refractivity contribution < 1.29 is 8.42 Å². The van der Waals surface area contributed by atoms with Crippen molar-refractivity contribution in [3.05, 3.63) is 54.1 Å². The van der Waals surface area contributed by atoms with E-state index in [2.05, 4.69) is 9.63 Å². The van der Waals surface area contributed by atoms with Gasteiger partial charge in [0.25, 0.3) is 10.0 Å². The molecule has 110 valence electrons. The van der Waals surface area contributed by atoms with Crippen LogP contribution in [0.25, 0.3) is 0 Å². The molecule has 6 heteroatoms. The molecule has 2 rings (SSSR count). The summed E-state index contributed by atoms with van der Waals surface area (Å²) in [6.45, 7) is 1.83. The summed E-state index contributed by atoms with van der Waals surface area (Å²) in [6.07, 6.45) is 0. The molecule has 2 aromatic carbocycles. The van der Waals surface area contributed by atoms with Gasteiger partial charge in [-0.05, 0) is 48.9 Å². The van der Waals surface area contributed by atoms with Crippen LogP contribution in [0.1, 0.15) is 5.56 Å². The predicted molar refractivity (Wildman–Crippen MR) is 83.6 cm³/mol. The lowest BCUT2D eigenvalue weighted by Crippen LogP contribution is -2.07. The molecule has 0 radical (unpaired) electrons. The van der Waals surface area contributed by atoms with Crippen LogP contribution in [0, 0.1) is 6.92 Å². The van der Waals surface area contributed by atoms with E-state index in [-0.39, 0.29) is 4.90 Å². The summed E-state index contributed by atoms with van der Waals surface area (Å²) < 4.78 is 27.6. The van der Waals surface area contributed by atoms with Gasteiger partial charge < -0.3 is 4.90 Å². The molecule has 2 aromatic rings. The van der Waals surface area contributed by atoms with Crippen molar-refractivity contribution in [1.82, 2.24) is 0 Å². The van der Waals surface area contributed by atoms with Gasteiger partial charge in [0.15, 0.2) is 0 Å². The Hall–Kier alpha value is -2.21. The van der Waals surface area contributed by atoms with Gasteiger partial charge in [-0.15, -0.1) is 5.11 Å². The van der Waals surface area contributed by atoms with E-state index < -0.39 is 10.0 Å². The summed E-state index contributed by atoms with van der Waals surface area (Å²) in [5.41, 5.74) is 2.37. The van der Waals surface area contributed by atoms with E-state index >= 15 is 0 Å². The Morgan fingerprint density at radius 3 is 2.24 bits per heavy atom. The van der Waals surface area contributed by atoms with Crippen LogP contribution in [0.3, 0.4) is 0 Å². The lowest BCUT2D eigenvalue weighted by Gasteiger charge is -2.11. The van der Waals surface area contributed by atoms with Gasteiger partial charge in [0.2, 0.25) is 0 Å². The molecule has 0 N–H and O–H groups in total. The maximum absolute atomic E-state index is 12.1. The maximum Gasteiger partial charge on any atom is 0.299 e. The summed E-state index contributed by atoms with van der Waals surface area (Å²) in [5, 5.41) is 3.80. The van der Waals surface area contributed by atoms with Crippen LogP contribution in [-0.4, -0.2) is 22.5 Å². The monoisotopic (exact) mass is 303 g/mol. The molecule has 0 amide bonds. The molecule has 21 heavy (non-hydrogen) atoms. The Labute approximate surface area is 125 Å². The maximum atomic E-state index is 12.1. The SMILES string of the molecule is Cc1cccc(S(=O)(=O)N=Nc2ccc(N(C)C)cc2)c1. The Kier molecular flexibility index (Phi) is 4.37. The highest BCUT2D eigenvalue weighted by Crippen LogP contribution is 2.21. The summed E-state index contributed by atoms with van der Waals surface area (Å²) in [7, 11) is 0.0991. The first-order valence-electron chi connectivity index (χ1n) is 6.40. The third-order valence-electron chi connectivity index (χ3n) is 2.92. The number of aryl methyl sites for hydroxylation is 1. The van der Waals surface area contributed by atoms with Crippen molar-refractivity contribution in [2.24, 2.45) is 9.63 Å². The van der Waals surface area contributed by atoms with E-state index in [0.29, 0.717) is 5.69 Å². The normalized spacial score (nSPS) is 11.8. The van der Waals surface area contributed by atoms with Crippen LogP contribution in [0.5, 0.6) is 0 Å². The van der Waals surface area contributed by atoms with Crippen molar-refractivity contribution in [1.29, 1.82) is 0 Å². The van der Waals surface area contributed by atoms with Crippen molar-refractivity contribution >= 4 is 21.4 Å². The minimum atomic E-state index is -3.76. The number of anilines is 1. The Morgan fingerprint density at radius 2 is 1.67 bits per heavy atom. The van der Waals surface area contributed by atoms with E-state index in [9.17, 15) is 8.42 Å². The molecule has 5 nitrogen and oxygen atoms in total. The van der Waals surface area contributed by atoms with Gasteiger partial charge >= 0.3 is 0 Å². The zero-order valence-corrected chi connectivity index (χ0v) is 13.0. The van der Waals surface area contributed by atoms with E-state index in [1.54, 1.807) is 24.3 Å². The van der Waals surface area contributed by atoms with Crippen molar-refractivity contribution in [3.8, 4) is 0 Å². The van der Waals surface area contributed by atoms with E-state index in [1.165, 1.54) is 6.07 Å². The average Bonchev–Trinajstić information content (AvgIpc) is 2.45. The fourth-order valence-electron chi connectivity index (χ4n) is 1.74. The Bertz CT molecular complexity index is 751. The molecule has 0 aliphatic rings. The second-order valence-corrected chi connectivity index (χ2v) is 6.47. The highest BCUT2D eigenvalue weighted by atomic mass is 32.2. The van der Waals surface area contributed by atoms with Gasteiger partial charge in [0, 0.05) is 19.8 Å². The molecule has 0 heterocycles.